The molecule has 28 heavy (non-hydrogen) atoms. The molecule has 2 aromatic rings. The van der Waals surface area contributed by atoms with Crippen molar-refractivity contribution in [1.29, 1.82) is 0 Å². The number of ketones is 1. The molecule has 0 aliphatic carbocycles. The van der Waals surface area contributed by atoms with Crippen molar-refractivity contribution in [2.24, 2.45) is 4.99 Å². The van der Waals surface area contributed by atoms with E-state index >= 15 is 0 Å². The summed E-state index contributed by atoms with van der Waals surface area (Å²) in [4.78, 5) is 18.5. The first-order valence-corrected chi connectivity index (χ1v) is 12.1. The Morgan fingerprint density at radius 3 is 2.75 bits per heavy atom. The third-order valence-corrected chi connectivity index (χ3v) is 7.87. The van der Waals surface area contributed by atoms with E-state index in [1.807, 2.05) is 47.4 Å². The van der Waals surface area contributed by atoms with Crippen LogP contribution in [-0.4, -0.2) is 43.0 Å². The van der Waals surface area contributed by atoms with E-state index in [2.05, 4.69) is 0 Å². The molecule has 2 heterocycles. The van der Waals surface area contributed by atoms with Gasteiger partial charge in [0.1, 0.15) is 0 Å². The summed E-state index contributed by atoms with van der Waals surface area (Å²) in [7, 11) is -3.11. The number of hydrogen-bond acceptors (Lipinski definition) is 6. The van der Waals surface area contributed by atoms with Crippen LogP contribution in [0.5, 0.6) is 0 Å². The minimum atomic E-state index is -3.11. The van der Waals surface area contributed by atoms with Crippen molar-refractivity contribution in [3.05, 3.63) is 64.7 Å². The predicted octanol–water partition coefficient (Wildman–Crippen LogP) is 3.82. The van der Waals surface area contributed by atoms with Gasteiger partial charge in [-0.2, -0.15) is 0 Å². The molecule has 0 bridgehead atoms. The molecule has 2 aromatic carbocycles. The van der Waals surface area contributed by atoms with Crippen molar-refractivity contribution < 1.29 is 13.2 Å². The van der Waals surface area contributed by atoms with Crippen molar-refractivity contribution in [3.8, 4) is 0 Å². The van der Waals surface area contributed by atoms with E-state index in [9.17, 15) is 13.2 Å². The van der Waals surface area contributed by atoms with Crippen molar-refractivity contribution in [1.82, 2.24) is 0 Å². The van der Waals surface area contributed by atoms with Crippen LogP contribution in [0.4, 0.5) is 5.69 Å². The van der Waals surface area contributed by atoms with Crippen molar-refractivity contribution in [2.45, 2.75) is 24.8 Å². The van der Waals surface area contributed by atoms with E-state index in [1.54, 1.807) is 17.8 Å². The first-order valence-electron chi connectivity index (χ1n) is 8.88. The number of rotatable bonds is 4. The van der Waals surface area contributed by atoms with Gasteiger partial charge in [0.25, 0.3) is 0 Å². The topological polar surface area (TPSA) is 66.8 Å². The highest BCUT2D eigenvalue weighted by Crippen LogP contribution is 2.36. The second kappa shape index (κ2) is 7.54. The van der Waals surface area contributed by atoms with Gasteiger partial charge >= 0.3 is 0 Å². The lowest BCUT2D eigenvalue weighted by atomic mass is 10.1. The van der Waals surface area contributed by atoms with E-state index in [0.717, 1.165) is 16.4 Å². The van der Waals surface area contributed by atoms with Gasteiger partial charge in [-0.3, -0.25) is 9.79 Å². The van der Waals surface area contributed by atoms with Crippen molar-refractivity contribution in [3.63, 3.8) is 0 Å². The molecule has 1 fully saturated rings. The smallest absolute Gasteiger partial charge is 0.164 e. The predicted molar refractivity (Wildman–Crippen MR) is 115 cm³/mol. The molecule has 0 N–H and O–H groups in total. The molecule has 2 aliphatic heterocycles. The molecule has 146 valence electrons. The molecule has 0 aromatic heterocycles. The number of fused-ring (bicyclic) bond motifs is 1. The number of halogens is 1. The molecule has 2 aliphatic rings. The van der Waals surface area contributed by atoms with Gasteiger partial charge in [0.05, 0.1) is 23.6 Å². The third kappa shape index (κ3) is 3.97. The van der Waals surface area contributed by atoms with Crippen molar-refractivity contribution in [2.75, 3.05) is 16.4 Å². The van der Waals surface area contributed by atoms with E-state index < -0.39 is 9.84 Å². The standard InChI is InChI=1S/C20H19ClN2O3S2/c1-13(24)15-5-3-7-17(9-15)23-19-12-28(25,26)11-18(19)22-20(23)27-10-14-4-2-6-16(21)8-14/h2-9,18-19H,10-12H2,1H3/t18-,19-/m0/s1. The average Bonchev–Trinajstić information content (AvgIpc) is 3.11. The molecular weight excluding hydrogens is 416 g/mol. The van der Waals surface area contributed by atoms with Gasteiger partial charge < -0.3 is 4.90 Å². The SMILES string of the molecule is CC(=O)c1cccc(N2C(SCc3cccc(Cl)c3)=N[C@H]3CS(=O)(=O)C[C@@H]32)c1. The Hall–Kier alpha value is -1.83. The average molecular weight is 435 g/mol. The second-order valence-electron chi connectivity index (χ2n) is 7.02. The second-order valence-corrected chi connectivity index (χ2v) is 10.6. The fourth-order valence-corrected chi connectivity index (χ4v) is 6.71. The number of anilines is 1. The number of hydrogen-bond donors (Lipinski definition) is 0. The first kappa shape index (κ1) is 19.5. The van der Waals surface area contributed by atoms with E-state index in [0.29, 0.717) is 16.3 Å². The van der Waals surface area contributed by atoms with E-state index in [-0.39, 0.29) is 29.4 Å². The third-order valence-electron chi connectivity index (χ3n) is 4.90. The number of benzene rings is 2. The minimum Gasteiger partial charge on any atom is -0.315 e. The van der Waals surface area contributed by atoms with Gasteiger partial charge in [-0.05, 0) is 36.8 Å². The Morgan fingerprint density at radius 2 is 2.00 bits per heavy atom. The number of sulfone groups is 1. The fraction of sp³-hybridized carbons (Fsp3) is 0.300. The summed E-state index contributed by atoms with van der Waals surface area (Å²) in [5, 5.41) is 1.46. The lowest BCUT2D eigenvalue weighted by Gasteiger charge is -2.26. The zero-order valence-electron chi connectivity index (χ0n) is 15.2. The summed E-state index contributed by atoms with van der Waals surface area (Å²) >= 11 is 7.63. The van der Waals surface area contributed by atoms with Crippen LogP contribution in [0.1, 0.15) is 22.8 Å². The van der Waals surface area contributed by atoms with Gasteiger partial charge in [-0.15, -0.1) is 0 Å². The zero-order chi connectivity index (χ0) is 19.9. The maximum atomic E-state index is 12.1. The lowest BCUT2D eigenvalue weighted by Crippen LogP contribution is -2.39. The summed E-state index contributed by atoms with van der Waals surface area (Å²) in [6, 6.07) is 14.4. The van der Waals surface area contributed by atoms with Crippen LogP contribution in [-0.2, 0) is 15.6 Å². The molecule has 4 rings (SSSR count). The number of nitrogens with zero attached hydrogens (tertiary/aromatic N) is 2. The molecule has 2 atom stereocenters. The Labute approximate surface area is 173 Å². The highest BCUT2D eigenvalue weighted by Gasteiger charge is 2.47. The number of Topliss-reactive ketones (excluding diaryl/α,β-unsaturated/α-hetero) is 1. The van der Waals surface area contributed by atoms with Crippen LogP contribution >= 0.6 is 23.4 Å². The number of amidine groups is 1. The molecule has 5 nitrogen and oxygen atoms in total. The van der Waals surface area contributed by atoms with Gasteiger partial charge in [0, 0.05) is 22.0 Å². The molecule has 0 radical (unpaired) electrons. The van der Waals surface area contributed by atoms with Gasteiger partial charge in [0.15, 0.2) is 20.8 Å². The highest BCUT2D eigenvalue weighted by atomic mass is 35.5. The minimum absolute atomic E-state index is 0.0262. The Morgan fingerprint density at radius 1 is 1.21 bits per heavy atom. The van der Waals surface area contributed by atoms with Crippen LogP contribution < -0.4 is 4.90 Å². The summed E-state index contributed by atoms with van der Waals surface area (Å²) in [6.07, 6.45) is 0. The van der Waals surface area contributed by atoms with Crippen LogP contribution in [0.3, 0.4) is 0 Å². The molecule has 0 unspecified atom stereocenters. The van der Waals surface area contributed by atoms with Gasteiger partial charge in [0.2, 0.25) is 0 Å². The molecular formula is C20H19ClN2O3S2. The fourth-order valence-electron chi connectivity index (χ4n) is 3.58. The molecule has 1 saturated heterocycles. The largest absolute Gasteiger partial charge is 0.315 e. The Balaban J connectivity index is 1.65. The number of aliphatic imine (C=N–C) groups is 1. The summed E-state index contributed by atoms with van der Waals surface area (Å²) in [5.41, 5.74) is 2.47. The highest BCUT2D eigenvalue weighted by molar-refractivity contribution is 8.13. The summed E-state index contributed by atoms with van der Waals surface area (Å²) < 4.78 is 24.3. The van der Waals surface area contributed by atoms with Gasteiger partial charge in [-0.25, -0.2) is 8.42 Å². The molecule has 0 saturated carbocycles. The Bertz CT molecular complexity index is 1070. The van der Waals surface area contributed by atoms with Crippen LogP contribution in [0.2, 0.25) is 5.02 Å². The zero-order valence-corrected chi connectivity index (χ0v) is 17.6. The molecule has 0 spiro atoms. The van der Waals surface area contributed by atoms with E-state index in [4.69, 9.17) is 16.6 Å². The molecule has 8 heteroatoms. The summed E-state index contributed by atoms with van der Waals surface area (Å²) in [6.45, 7) is 1.52. The Kier molecular flexibility index (Phi) is 5.24. The summed E-state index contributed by atoms with van der Waals surface area (Å²) in [5.74, 6) is 0.796. The van der Waals surface area contributed by atoms with E-state index in [1.165, 1.54) is 6.92 Å². The number of thioether (sulfide) groups is 1. The monoisotopic (exact) mass is 434 g/mol. The maximum Gasteiger partial charge on any atom is 0.164 e. The van der Waals surface area contributed by atoms with Gasteiger partial charge in [-0.1, -0.05) is 47.6 Å². The lowest BCUT2D eigenvalue weighted by molar-refractivity contribution is 0.101. The number of carbonyl (C=O) groups excluding carboxylic acids is 1. The van der Waals surface area contributed by atoms with Crippen LogP contribution in [0.15, 0.2) is 53.5 Å². The van der Waals surface area contributed by atoms with Crippen LogP contribution in [0, 0.1) is 0 Å². The molecule has 0 amide bonds. The van der Waals surface area contributed by atoms with Crippen molar-refractivity contribution >= 4 is 49.8 Å². The quantitative estimate of drug-likeness (QED) is 0.684. The van der Waals surface area contributed by atoms with Crippen LogP contribution in [0.25, 0.3) is 0 Å². The first-order chi connectivity index (χ1) is 13.3. The normalized spacial score (nSPS) is 22.8. The maximum absolute atomic E-state index is 12.1. The number of carbonyl (C=O) groups is 1.